The van der Waals surface area contributed by atoms with Crippen LogP contribution in [0.4, 0.5) is 5.69 Å². The molecule has 25 nitrogen and oxygen atoms in total. The van der Waals surface area contributed by atoms with Crippen molar-refractivity contribution in [2.45, 2.75) is 115 Å². The van der Waals surface area contributed by atoms with Crippen LogP contribution in [0.15, 0.2) is 88.1 Å². The molecule has 2 aliphatic rings. The summed E-state index contributed by atoms with van der Waals surface area (Å²) in [6.45, 7) is 8.19. The van der Waals surface area contributed by atoms with Crippen LogP contribution in [0.3, 0.4) is 0 Å². The molecule has 0 saturated heterocycles. The zero-order chi connectivity index (χ0) is 62.8. The van der Waals surface area contributed by atoms with Gasteiger partial charge in [0.1, 0.15) is 59.1 Å². The Morgan fingerprint density at radius 1 is 0.659 bits per heavy atom. The first-order valence-corrected chi connectivity index (χ1v) is 28.9. The van der Waals surface area contributed by atoms with Crippen LogP contribution in [0, 0.1) is 11.8 Å². The van der Waals surface area contributed by atoms with Crippen LogP contribution in [0.2, 0.25) is 0 Å². The number of primary amides is 2. The number of hydrogen-bond acceptors (Lipinski definition) is 16. The number of nitrogens with two attached hydrogens (primary N) is 2. The highest BCUT2D eigenvalue weighted by Crippen LogP contribution is 2.42. The summed E-state index contributed by atoms with van der Waals surface area (Å²) in [5.74, 6) is -8.40. The van der Waals surface area contributed by atoms with Crippen molar-refractivity contribution in [2.24, 2.45) is 23.3 Å². The molecule has 0 saturated carbocycles. The predicted octanol–water partition coefficient (Wildman–Crippen LogP) is 2.09. The predicted molar refractivity (Wildman–Crippen MR) is 322 cm³/mol. The summed E-state index contributed by atoms with van der Waals surface area (Å²) in [5, 5.41) is 62.5. The molecule has 5 rings (SSSR count). The van der Waals surface area contributed by atoms with Crippen molar-refractivity contribution >= 4 is 99.0 Å². The van der Waals surface area contributed by atoms with Gasteiger partial charge in [0.2, 0.25) is 47.3 Å². The van der Waals surface area contributed by atoms with E-state index in [1.807, 2.05) is 13.8 Å². The topological polar surface area (TPSA) is 413 Å². The van der Waals surface area contributed by atoms with E-state index in [9.17, 15) is 68.4 Å². The number of benzene rings is 4. The van der Waals surface area contributed by atoms with Gasteiger partial charge in [-0.2, -0.15) is 11.8 Å². The van der Waals surface area contributed by atoms with Gasteiger partial charge in [0.25, 0.3) is 0 Å². The molecule has 85 heavy (non-hydrogen) atoms. The van der Waals surface area contributed by atoms with Gasteiger partial charge in [-0.1, -0.05) is 45.9 Å². The summed E-state index contributed by atoms with van der Waals surface area (Å²) in [6, 6.07) is 10.1. The number of carbonyl (C=O) groups is 9. The first-order chi connectivity index (χ1) is 40.1. The van der Waals surface area contributed by atoms with Gasteiger partial charge in [-0.05, 0) is 122 Å². The fourth-order valence-corrected chi connectivity index (χ4v) is 9.74. The van der Waals surface area contributed by atoms with Crippen LogP contribution in [0.5, 0.6) is 11.5 Å². The molecule has 8 amide bonds. The number of fused-ring (bicyclic) bond motifs is 2. The van der Waals surface area contributed by atoms with Crippen molar-refractivity contribution in [3.8, 4) is 33.9 Å². The van der Waals surface area contributed by atoms with E-state index >= 15 is 0 Å². The van der Waals surface area contributed by atoms with Crippen molar-refractivity contribution in [1.29, 1.82) is 0 Å². The van der Waals surface area contributed by atoms with E-state index in [4.69, 9.17) is 28.1 Å². The van der Waals surface area contributed by atoms with Crippen LogP contribution in [-0.2, 0) is 44.8 Å². The number of aliphatic hydroxyl groups excluding tert-OH is 1. The standard InChI is InChI=1S/C58H72N10O15S2/c1-28(2)21-41(51(60)75)64-52(76)40(18-20-85-6)63-54(78)43(23-31-7-10-33(70)11-8-31)66-53(77)42(22-29(3)4)65-55(79)44(27-47(59)73)67-56(80)50(30(5)69)68-48(74)17-19-61-58(84)62-32-9-14-36(39(24-32)57(81)82)49-37-15-12-34(71)25-45(37)83-46-26-35(72)13-16-38(46)49/h7-16,24-26,28-30,40-44,50,69-71H,17-23,27H2,1-6H3,(H2,59,73)(H2,60,75)(H,63,78)(H,64,76)(H,65,79)(H,66,77)(H,67,80)(H,68,74)(H,81,82)(H2,61,62,84)/t30-,40+,41+,42+,43+,44+,50+/m1/s1. The summed E-state index contributed by atoms with van der Waals surface area (Å²) in [5.41, 5.74) is 12.6. The van der Waals surface area contributed by atoms with Gasteiger partial charge in [0, 0.05) is 53.7 Å². The lowest BCUT2D eigenvalue weighted by Crippen LogP contribution is -2.61. The molecule has 0 aromatic heterocycles. The van der Waals surface area contributed by atoms with Crippen molar-refractivity contribution in [1.82, 2.24) is 37.2 Å². The molecular formula is C58H72N10O15S2. The first kappa shape index (κ1) is 67.0. The van der Waals surface area contributed by atoms with Crippen LogP contribution in [0.25, 0.3) is 33.4 Å². The average molecular weight is 1210 g/mol. The highest BCUT2D eigenvalue weighted by atomic mass is 32.2. The molecule has 3 aromatic carbocycles. The zero-order valence-electron chi connectivity index (χ0n) is 47.6. The minimum absolute atomic E-state index is 0.0182. The molecule has 1 heterocycles. The fraction of sp³-hybridized carbons (Fsp3) is 0.397. The smallest absolute Gasteiger partial charge is 0.336 e. The summed E-state index contributed by atoms with van der Waals surface area (Å²) >= 11 is 6.82. The number of carboxylic acid groups (broad SMARTS) is 1. The van der Waals surface area contributed by atoms with E-state index in [1.165, 1.54) is 85.4 Å². The fourth-order valence-electron chi connectivity index (χ4n) is 9.05. The van der Waals surface area contributed by atoms with E-state index in [1.54, 1.807) is 32.2 Å². The first-order valence-electron chi connectivity index (χ1n) is 27.1. The molecule has 7 atom stereocenters. The van der Waals surface area contributed by atoms with Crippen LogP contribution >= 0.6 is 24.0 Å². The maximum atomic E-state index is 14.3. The number of phenolic OH excluding ortho intramolecular Hbond substituents is 2. The summed E-state index contributed by atoms with van der Waals surface area (Å²) in [4.78, 5) is 133. The molecule has 0 radical (unpaired) electrons. The second kappa shape index (κ2) is 31.2. The van der Waals surface area contributed by atoms with Gasteiger partial charge in [-0.3, -0.25) is 43.2 Å². The van der Waals surface area contributed by atoms with Gasteiger partial charge < -0.3 is 78.8 Å². The van der Waals surface area contributed by atoms with Gasteiger partial charge >= 0.3 is 5.97 Å². The zero-order valence-corrected chi connectivity index (χ0v) is 49.2. The third-order valence-electron chi connectivity index (χ3n) is 13.2. The SMILES string of the molecule is CSCC[C@H](NC(=O)[C@H](Cc1ccc(O)cc1)NC(=O)[C@H](CC(C)C)NC(=O)[C@H](CC(N)=O)NC(=O)[C@@H](NC(=O)CCNC(=S)Nc1ccc(-c2c3ccc(=O)cc-3oc3cc(O)ccc23)c(C(=O)O)c1)[C@@H](C)O)C(=O)N[C@@H](CC(C)C)C(N)=O. The van der Waals surface area contributed by atoms with E-state index in [0.29, 0.717) is 27.8 Å². The Hall–Kier alpha value is -8.82. The molecule has 3 aromatic rings. The van der Waals surface area contributed by atoms with Gasteiger partial charge in [-0.15, -0.1) is 0 Å². The molecule has 27 heteroatoms. The Kier molecular flexibility index (Phi) is 24.6. The number of amides is 8. The number of aromatic carboxylic acids is 1. The lowest BCUT2D eigenvalue weighted by atomic mass is 9.90. The number of thiocarbonyl (C=S) groups is 1. The third-order valence-corrected chi connectivity index (χ3v) is 14.1. The van der Waals surface area contributed by atoms with Crippen molar-refractivity contribution in [3.63, 3.8) is 0 Å². The Balaban J connectivity index is 1.25. The Morgan fingerprint density at radius 3 is 1.86 bits per heavy atom. The van der Waals surface area contributed by atoms with Gasteiger partial charge in [-0.25, -0.2) is 4.79 Å². The molecule has 0 fully saturated rings. The molecule has 1 aliphatic heterocycles. The number of thioether (sulfide) groups is 1. The monoisotopic (exact) mass is 1210 g/mol. The minimum atomic E-state index is -1.76. The maximum Gasteiger partial charge on any atom is 0.336 e. The Labute approximate surface area is 498 Å². The molecule has 0 unspecified atom stereocenters. The second-order valence-corrected chi connectivity index (χ2v) is 22.5. The minimum Gasteiger partial charge on any atom is -0.508 e. The molecule has 16 N–H and O–H groups in total. The van der Waals surface area contributed by atoms with E-state index in [2.05, 4.69) is 42.5 Å². The number of nitrogens with one attached hydrogen (secondary N) is 8. The largest absolute Gasteiger partial charge is 0.508 e. The molecule has 1 aliphatic carbocycles. The Morgan fingerprint density at radius 2 is 1.24 bits per heavy atom. The summed E-state index contributed by atoms with van der Waals surface area (Å²) in [6.07, 6.45) is -0.784. The number of phenols is 2. The molecule has 0 spiro atoms. The van der Waals surface area contributed by atoms with Crippen molar-refractivity contribution in [2.75, 3.05) is 23.9 Å². The van der Waals surface area contributed by atoms with Gasteiger partial charge in [0.15, 0.2) is 10.5 Å². The molecular weight excluding hydrogens is 1140 g/mol. The lowest BCUT2D eigenvalue weighted by molar-refractivity contribution is -0.137. The summed E-state index contributed by atoms with van der Waals surface area (Å²) < 4.78 is 5.89. The Bertz CT molecular complexity index is 3300. The number of anilines is 1. The van der Waals surface area contributed by atoms with Crippen molar-refractivity contribution in [3.05, 3.63) is 100 Å². The number of carboxylic acids is 1. The van der Waals surface area contributed by atoms with Gasteiger partial charge in [0.05, 0.1) is 18.1 Å². The van der Waals surface area contributed by atoms with E-state index in [0.717, 1.165) is 0 Å². The third kappa shape index (κ3) is 19.9. The quantitative estimate of drug-likeness (QED) is 0.0231. The molecule has 0 bridgehead atoms. The second-order valence-electron chi connectivity index (χ2n) is 21.1. The molecule has 456 valence electrons. The number of aromatic hydroxyl groups is 2. The number of carbonyl (C=O) groups excluding carboxylic acids is 8. The highest BCUT2D eigenvalue weighted by molar-refractivity contribution is 7.98. The van der Waals surface area contributed by atoms with E-state index in [-0.39, 0.29) is 101 Å². The van der Waals surface area contributed by atoms with Crippen LogP contribution < -0.4 is 59.4 Å². The van der Waals surface area contributed by atoms with Crippen LogP contribution in [0.1, 0.15) is 82.6 Å². The highest BCUT2D eigenvalue weighted by Gasteiger charge is 2.35. The van der Waals surface area contributed by atoms with Crippen molar-refractivity contribution < 1.29 is 68.0 Å². The maximum absolute atomic E-state index is 14.3. The number of hydrogen-bond donors (Lipinski definition) is 14. The lowest BCUT2D eigenvalue weighted by Gasteiger charge is -2.28. The van der Waals surface area contributed by atoms with Crippen LogP contribution in [-0.4, -0.2) is 140 Å². The number of aliphatic hydroxyl groups is 1. The average Bonchev–Trinajstić information content (AvgIpc) is 1.92. The normalized spacial score (nSPS) is 13.7. The summed E-state index contributed by atoms with van der Waals surface area (Å²) in [7, 11) is 0. The van der Waals surface area contributed by atoms with E-state index < -0.39 is 102 Å². The number of rotatable bonds is 30.